The number of aromatic nitrogens is 2. The van der Waals surface area contributed by atoms with Crippen molar-refractivity contribution in [1.29, 1.82) is 0 Å². The predicted octanol–water partition coefficient (Wildman–Crippen LogP) is 6.74. The van der Waals surface area contributed by atoms with Crippen LogP contribution in [0.5, 0.6) is 0 Å². The second-order valence-corrected chi connectivity index (χ2v) is 10.6. The average molecular weight is 572 g/mol. The number of nitrogens with zero attached hydrogens (tertiary/aromatic N) is 4. The maximum Gasteiger partial charge on any atom is 0.417 e. The number of anilines is 2. The molecule has 0 atom stereocenters. The summed E-state index contributed by atoms with van der Waals surface area (Å²) in [7, 11) is 0. The van der Waals surface area contributed by atoms with Gasteiger partial charge in [0.2, 0.25) is 0 Å². The number of pyridine rings is 2. The van der Waals surface area contributed by atoms with Crippen LogP contribution >= 0.6 is 0 Å². The molecule has 1 N–H and O–H groups in total. The van der Waals surface area contributed by atoms with Gasteiger partial charge in [-0.3, -0.25) is 14.3 Å². The Balaban J connectivity index is 1.46. The van der Waals surface area contributed by atoms with Crippen molar-refractivity contribution in [2.45, 2.75) is 32.0 Å². The lowest BCUT2D eigenvalue weighted by Gasteiger charge is -2.36. The van der Waals surface area contributed by atoms with Crippen LogP contribution in [0.25, 0.3) is 16.7 Å². The van der Waals surface area contributed by atoms with Crippen molar-refractivity contribution in [3.63, 3.8) is 0 Å². The van der Waals surface area contributed by atoms with Crippen LogP contribution in [0.2, 0.25) is 0 Å². The topological polar surface area (TPSA) is 53.4 Å². The summed E-state index contributed by atoms with van der Waals surface area (Å²) in [5.74, 6) is 0.576. The number of hydrogen-bond donors (Lipinski definition) is 1. The Bertz CT molecular complexity index is 1670. The summed E-state index contributed by atoms with van der Waals surface area (Å²) < 4.78 is 45.4. The van der Waals surface area contributed by atoms with Gasteiger partial charge in [-0.25, -0.2) is 4.98 Å². The van der Waals surface area contributed by atoms with Gasteiger partial charge in [-0.15, -0.1) is 0 Å². The quantitative estimate of drug-likeness (QED) is 0.355. The molecule has 9 heteroatoms. The molecule has 0 radical (unpaired) electrons. The van der Waals surface area contributed by atoms with Gasteiger partial charge in [0.15, 0.2) is 11.1 Å². The molecule has 42 heavy (non-hydrogen) atoms. The molecule has 1 aromatic carbocycles. The highest BCUT2D eigenvalue weighted by Gasteiger charge is 2.36. The average Bonchev–Trinajstić information content (AvgIpc) is 3.27. The van der Waals surface area contributed by atoms with Crippen LogP contribution < -0.4 is 15.6 Å². The van der Waals surface area contributed by atoms with Crippen molar-refractivity contribution in [2.75, 3.05) is 36.4 Å². The Labute approximate surface area is 242 Å². The number of benzene rings is 1. The molecule has 0 saturated carbocycles. The van der Waals surface area contributed by atoms with E-state index in [1.807, 2.05) is 71.7 Å². The van der Waals surface area contributed by atoms with E-state index >= 15 is 0 Å². The first kappa shape index (κ1) is 27.8. The van der Waals surface area contributed by atoms with Gasteiger partial charge in [0.25, 0.3) is 0 Å². The fraction of sp³-hybridized carbons (Fsp3) is 0.273. The Morgan fingerprint density at radius 3 is 2.48 bits per heavy atom. The van der Waals surface area contributed by atoms with Gasteiger partial charge in [-0.2, -0.15) is 13.2 Å². The minimum Gasteiger partial charge on any atom is -0.354 e. The molecule has 1 aliphatic heterocycles. The first-order chi connectivity index (χ1) is 20.4. The zero-order chi connectivity index (χ0) is 29.1. The zero-order valence-corrected chi connectivity index (χ0v) is 23.1. The summed E-state index contributed by atoms with van der Waals surface area (Å²) in [6, 6.07) is 12.4. The van der Waals surface area contributed by atoms with E-state index in [9.17, 15) is 18.0 Å². The number of alkyl halides is 3. The van der Waals surface area contributed by atoms with Crippen LogP contribution in [0, 0.1) is 0 Å². The van der Waals surface area contributed by atoms with Crippen LogP contribution in [0.3, 0.4) is 0 Å². The molecule has 1 fully saturated rings. The van der Waals surface area contributed by atoms with Crippen LogP contribution in [0.15, 0.2) is 102 Å². The number of nitrogens with one attached hydrogen (secondary N) is 1. The van der Waals surface area contributed by atoms with Gasteiger partial charge < -0.3 is 10.2 Å². The molecule has 1 saturated heterocycles. The largest absolute Gasteiger partial charge is 0.417 e. The third kappa shape index (κ3) is 5.97. The molecule has 6 rings (SSSR count). The number of allylic oxidation sites excluding steroid dienone is 9. The van der Waals surface area contributed by atoms with E-state index < -0.39 is 22.6 Å². The third-order valence-corrected chi connectivity index (χ3v) is 7.69. The standard InChI is InChI=1S/C33H32F3N5O/c34-33(35,36)27-21-29(40-19-17-39(18-20-40)23-24-11-5-3-6-12-24)38-32-31(27)28(42)22-30(37-25-13-7-4-8-14-25)41(32)26-15-9-1-2-10-16-26/h1,3,5-7,9-16,21-22,37H,2,4,8,17-20,23H2. The molecule has 216 valence electrons. The summed E-state index contributed by atoms with van der Waals surface area (Å²) in [4.78, 5) is 22.4. The van der Waals surface area contributed by atoms with Crippen molar-refractivity contribution in [1.82, 2.24) is 14.5 Å². The van der Waals surface area contributed by atoms with Crippen molar-refractivity contribution in [3.05, 3.63) is 118 Å². The lowest BCUT2D eigenvalue weighted by atomic mass is 10.1. The number of halogens is 3. The lowest BCUT2D eigenvalue weighted by molar-refractivity contribution is -0.136. The monoisotopic (exact) mass is 571 g/mol. The first-order valence-electron chi connectivity index (χ1n) is 14.2. The summed E-state index contributed by atoms with van der Waals surface area (Å²) >= 11 is 0. The van der Waals surface area contributed by atoms with Gasteiger partial charge in [-0.1, -0.05) is 60.7 Å². The predicted molar refractivity (Wildman–Crippen MR) is 162 cm³/mol. The second-order valence-electron chi connectivity index (χ2n) is 10.6. The van der Waals surface area contributed by atoms with Gasteiger partial charge in [-0.05, 0) is 49.1 Å². The SMILES string of the molecule is O=c1cc(NC2=CCCC=C2)n(C2=CC=CCC=C2)c2nc(N3CCN(Cc4ccccc4)CC3)cc(C(F)(F)F)c12. The Morgan fingerprint density at radius 2 is 1.74 bits per heavy atom. The van der Waals surface area contributed by atoms with Crippen LogP contribution in [0.1, 0.15) is 30.4 Å². The highest BCUT2D eigenvalue weighted by Crippen LogP contribution is 2.37. The molecule has 0 bridgehead atoms. The molecule has 0 amide bonds. The van der Waals surface area contributed by atoms with E-state index in [4.69, 9.17) is 4.98 Å². The molecule has 3 heterocycles. The van der Waals surface area contributed by atoms with Gasteiger partial charge in [0.1, 0.15) is 11.6 Å². The van der Waals surface area contributed by atoms with Gasteiger partial charge >= 0.3 is 6.18 Å². The molecule has 3 aromatic rings. The van der Waals surface area contributed by atoms with Crippen LogP contribution in [0.4, 0.5) is 24.8 Å². The molecule has 3 aliphatic rings. The molecular weight excluding hydrogens is 539 g/mol. The van der Waals surface area contributed by atoms with Crippen molar-refractivity contribution in [3.8, 4) is 0 Å². The maximum atomic E-state index is 14.6. The third-order valence-electron chi connectivity index (χ3n) is 7.69. The minimum atomic E-state index is -4.74. The summed E-state index contributed by atoms with van der Waals surface area (Å²) in [6.45, 7) is 3.19. The molecular formula is C33H32F3N5O. The number of rotatable bonds is 6. The Hall–Kier alpha value is -4.37. The van der Waals surface area contributed by atoms with Gasteiger partial charge in [0, 0.05) is 50.2 Å². The fourth-order valence-electron chi connectivity index (χ4n) is 5.58. The fourth-order valence-corrected chi connectivity index (χ4v) is 5.58. The molecule has 0 unspecified atom stereocenters. The summed E-state index contributed by atoms with van der Waals surface area (Å²) in [6.07, 6.45) is 13.1. The highest BCUT2D eigenvalue weighted by molar-refractivity contribution is 5.88. The number of hydrogen-bond acceptors (Lipinski definition) is 5. The Kier molecular flexibility index (Phi) is 7.84. The molecule has 6 nitrogen and oxygen atoms in total. The van der Waals surface area contributed by atoms with Crippen molar-refractivity contribution in [2.24, 2.45) is 0 Å². The Morgan fingerprint density at radius 1 is 0.929 bits per heavy atom. The van der Waals surface area contributed by atoms with Crippen molar-refractivity contribution >= 4 is 28.4 Å². The van der Waals surface area contributed by atoms with Gasteiger partial charge in [0.05, 0.1) is 10.9 Å². The van der Waals surface area contributed by atoms with Crippen molar-refractivity contribution < 1.29 is 13.2 Å². The smallest absolute Gasteiger partial charge is 0.354 e. The van der Waals surface area contributed by atoms with E-state index in [0.717, 1.165) is 31.1 Å². The summed E-state index contributed by atoms with van der Waals surface area (Å²) in [5, 5.41) is 2.85. The maximum absolute atomic E-state index is 14.6. The minimum absolute atomic E-state index is 0.0203. The number of fused-ring (bicyclic) bond motifs is 1. The molecule has 0 spiro atoms. The van der Waals surface area contributed by atoms with E-state index in [-0.39, 0.29) is 11.5 Å². The van der Waals surface area contributed by atoms with E-state index in [0.29, 0.717) is 44.1 Å². The molecule has 2 aromatic heterocycles. The van der Waals surface area contributed by atoms with E-state index in [1.54, 1.807) is 4.57 Å². The summed E-state index contributed by atoms with van der Waals surface area (Å²) in [5.41, 5.74) is 0.876. The first-order valence-corrected chi connectivity index (χ1v) is 14.2. The van der Waals surface area contributed by atoms with E-state index in [2.05, 4.69) is 22.3 Å². The molecule has 2 aliphatic carbocycles. The highest BCUT2D eigenvalue weighted by atomic mass is 19.4. The zero-order valence-electron chi connectivity index (χ0n) is 23.1. The number of piperazine rings is 1. The van der Waals surface area contributed by atoms with Crippen LogP contribution in [-0.4, -0.2) is 40.6 Å². The second kappa shape index (κ2) is 11.9. The normalized spacial score (nSPS) is 17.7. The lowest BCUT2D eigenvalue weighted by Crippen LogP contribution is -2.46. The van der Waals surface area contributed by atoms with Crippen LogP contribution in [-0.2, 0) is 12.7 Å². The van der Waals surface area contributed by atoms with E-state index in [1.165, 1.54) is 11.6 Å².